The third kappa shape index (κ3) is 5.35. The van der Waals surface area contributed by atoms with E-state index in [0.29, 0.717) is 24.5 Å². The highest BCUT2D eigenvalue weighted by atomic mass is 35.5. The van der Waals surface area contributed by atoms with E-state index in [0.717, 1.165) is 29.9 Å². The Bertz CT molecular complexity index is 673. The lowest BCUT2D eigenvalue weighted by atomic mass is 10.0. The maximum absolute atomic E-state index is 12.3. The first-order valence-electron chi connectivity index (χ1n) is 8.82. The molecular formula is C19H28ClN3O3. The Morgan fingerprint density at radius 3 is 2.65 bits per heavy atom. The van der Waals surface area contributed by atoms with Crippen molar-refractivity contribution in [2.75, 3.05) is 25.0 Å². The van der Waals surface area contributed by atoms with E-state index in [9.17, 15) is 9.59 Å². The monoisotopic (exact) mass is 381 g/mol. The second-order valence-corrected chi connectivity index (χ2v) is 8.19. The number of carbonyl (C=O) groups is 2. The summed E-state index contributed by atoms with van der Waals surface area (Å²) < 4.78 is 5.49. The SMILES string of the molecule is Cc1c(CN2CCN(C(=O)OC(C)(C)C)[C@H](C)C2)cc(Cl)cc1NC=O. The van der Waals surface area contributed by atoms with Crippen LogP contribution in [0.4, 0.5) is 10.5 Å². The summed E-state index contributed by atoms with van der Waals surface area (Å²) in [6.07, 6.45) is 0.394. The molecule has 1 heterocycles. The molecule has 0 aliphatic carbocycles. The van der Waals surface area contributed by atoms with Gasteiger partial charge in [-0.1, -0.05) is 11.6 Å². The quantitative estimate of drug-likeness (QED) is 0.808. The molecule has 1 fully saturated rings. The van der Waals surface area contributed by atoms with E-state index in [1.54, 1.807) is 11.0 Å². The molecule has 144 valence electrons. The number of nitrogens with one attached hydrogen (secondary N) is 1. The van der Waals surface area contributed by atoms with E-state index in [2.05, 4.69) is 10.2 Å². The van der Waals surface area contributed by atoms with Crippen molar-refractivity contribution in [2.24, 2.45) is 0 Å². The summed E-state index contributed by atoms with van der Waals surface area (Å²) in [5.74, 6) is 0. The van der Waals surface area contributed by atoms with E-state index >= 15 is 0 Å². The van der Waals surface area contributed by atoms with Crippen LogP contribution in [0.3, 0.4) is 0 Å². The summed E-state index contributed by atoms with van der Waals surface area (Å²) in [7, 11) is 0. The minimum atomic E-state index is -0.492. The molecule has 1 atom stereocenters. The molecule has 0 unspecified atom stereocenters. The maximum atomic E-state index is 12.3. The molecule has 2 rings (SSSR count). The molecule has 2 amide bonds. The summed E-state index contributed by atoms with van der Waals surface area (Å²) in [5.41, 5.74) is 2.31. The number of rotatable bonds is 4. The largest absolute Gasteiger partial charge is 0.444 e. The number of piperazine rings is 1. The number of nitrogens with zero attached hydrogens (tertiary/aromatic N) is 2. The zero-order chi connectivity index (χ0) is 19.5. The van der Waals surface area contributed by atoms with Gasteiger partial charge in [0.25, 0.3) is 0 Å². The van der Waals surface area contributed by atoms with Crippen molar-refractivity contribution in [3.8, 4) is 0 Å². The van der Waals surface area contributed by atoms with Crippen molar-refractivity contribution in [3.63, 3.8) is 0 Å². The van der Waals surface area contributed by atoms with Crippen LogP contribution in [-0.4, -0.2) is 53.6 Å². The summed E-state index contributed by atoms with van der Waals surface area (Å²) >= 11 is 6.19. The molecule has 0 spiro atoms. The van der Waals surface area contributed by atoms with E-state index in [1.807, 2.05) is 40.7 Å². The highest BCUT2D eigenvalue weighted by Gasteiger charge is 2.31. The number of hydrogen-bond acceptors (Lipinski definition) is 4. The molecule has 6 nitrogen and oxygen atoms in total. The summed E-state index contributed by atoms with van der Waals surface area (Å²) in [6.45, 7) is 12.5. The number of amides is 2. The van der Waals surface area contributed by atoms with Gasteiger partial charge in [0.1, 0.15) is 5.60 Å². The van der Waals surface area contributed by atoms with Gasteiger partial charge in [0.2, 0.25) is 6.41 Å². The molecule has 1 aliphatic heterocycles. The van der Waals surface area contributed by atoms with E-state index in [1.165, 1.54) is 0 Å². The second kappa shape index (κ2) is 8.27. The number of benzene rings is 1. The molecule has 0 bridgehead atoms. The Labute approximate surface area is 160 Å². The minimum absolute atomic E-state index is 0.0608. The lowest BCUT2D eigenvalue weighted by Crippen LogP contribution is -2.54. The minimum Gasteiger partial charge on any atom is -0.444 e. The second-order valence-electron chi connectivity index (χ2n) is 7.76. The summed E-state index contributed by atoms with van der Waals surface area (Å²) in [6, 6.07) is 3.74. The van der Waals surface area contributed by atoms with Gasteiger partial charge in [-0.05, 0) is 57.9 Å². The Morgan fingerprint density at radius 2 is 2.08 bits per heavy atom. The number of carbonyl (C=O) groups excluding carboxylic acids is 2. The van der Waals surface area contributed by atoms with Crippen molar-refractivity contribution in [1.82, 2.24) is 9.80 Å². The molecule has 0 aromatic heterocycles. The van der Waals surface area contributed by atoms with Crippen LogP contribution in [0.2, 0.25) is 5.02 Å². The van der Waals surface area contributed by atoms with Crippen LogP contribution >= 0.6 is 11.6 Å². The number of ether oxygens (including phenoxy) is 1. The predicted molar refractivity (Wildman–Crippen MR) is 104 cm³/mol. The van der Waals surface area contributed by atoms with Crippen molar-refractivity contribution >= 4 is 29.8 Å². The molecular weight excluding hydrogens is 354 g/mol. The highest BCUT2D eigenvalue weighted by molar-refractivity contribution is 6.31. The zero-order valence-electron chi connectivity index (χ0n) is 16.1. The molecule has 1 saturated heterocycles. The van der Waals surface area contributed by atoms with Crippen LogP contribution in [0.15, 0.2) is 12.1 Å². The standard InChI is InChI=1S/C19H28ClN3O3/c1-13-10-22(6-7-23(13)18(25)26-19(3,4)5)11-15-8-16(20)9-17(14(15)2)21-12-24/h8-9,12-13H,6-7,10-11H2,1-5H3,(H,21,24)/t13-/m1/s1. The third-order valence-corrected chi connectivity index (χ3v) is 4.65. The fraction of sp³-hybridized carbons (Fsp3) is 0.579. The predicted octanol–water partition coefficient (Wildman–Crippen LogP) is 3.66. The van der Waals surface area contributed by atoms with Crippen molar-refractivity contribution in [3.05, 3.63) is 28.3 Å². The fourth-order valence-corrected chi connectivity index (χ4v) is 3.36. The van der Waals surface area contributed by atoms with Crippen LogP contribution in [0.1, 0.15) is 38.8 Å². The Hall–Kier alpha value is -1.79. The van der Waals surface area contributed by atoms with Gasteiger partial charge in [-0.2, -0.15) is 0 Å². The molecule has 1 aromatic rings. The molecule has 1 aliphatic rings. The maximum Gasteiger partial charge on any atom is 0.410 e. The van der Waals surface area contributed by atoms with Gasteiger partial charge in [-0.15, -0.1) is 0 Å². The number of hydrogen-bond donors (Lipinski definition) is 1. The van der Waals surface area contributed by atoms with Gasteiger partial charge in [0.15, 0.2) is 0 Å². The molecule has 0 saturated carbocycles. The van der Waals surface area contributed by atoms with Gasteiger partial charge < -0.3 is 15.0 Å². The molecule has 1 N–H and O–H groups in total. The molecule has 0 radical (unpaired) electrons. The highest BCUT2D eigenvalue weighted by Crippen LogP contribution is 2.26. The summed E-state index contributed by atoms with van der Waals surface area (Å²) in [5, 5.41) is 3.29. The zero-order valence-corrected chi connectivity index (χ0v) is 16.9. The molecule has 7 heteroatoms. The van der Waals surface area contributed by atoms with Gasteiger partial charge >= 0.3 is 6.09 Å². The van der Waals surface area contributed by atoms with Crippen LogP contribution in [0.5, 0.6) is 0 Å². The van der Waals surface area contributed by atoms with Crippen LogP contribution < -0.4 is 5.32 Å². The van der Waals surface area contributed by atoms with Crippen LogP contribution in [-0.2, 0) is 16.1 Å². The van der Waals surface area contributed by atoms with Crippen molar-refractivity contribution in [1.29, 1.82) is 0 Å². The molecule has 1 aromatic carbocycles. The number of anilines is 1. The number of halogens is 1. The smallest absolute Gasteiger partial charge is 0.410 e. The van der Waals surface area contributed by atoms with E-state index < -0.39 is 5.60 Å². The van der Waals surface area contributed by atoms with Crippen molar-refractivity contribution in [2.45, 2.75) is 52.8 Å². The first kappa shape index (κ1) is 20.5. The van der Waals surface area contributed by atoms with Gasteiger partial charge in [-0.25, -0.2) is 4.79 Å². The van der Waals surface area contributed by atoms with E-state index in [4.69, 9.17) is 16.3 Å². The Kier molecular flexibility index (Phi) is 6.53. The van der Waals surface area contributed by atoms with Crippen molar-refractivity contribution < 1.29 is 14.3 Å². The molecule has 26 heavy (non-hydrogen) atoms. The van der Waals surface area contributed by atoms with Gasteiger partial charge in [0.05, 0.1) is 0 Å². The van der Waals surface area contributed by atoms with Gasteiger partial charge in [0, 0.05) is 42.9 Å². The first-order valence-corrected chi connectivity index (χ1v) is 9.19. The third-order valence-electron chi connectivity index (χ3n) is 4.43. The lowest BCUT2D eigenvalue weighted by molar-refractivity contribution is -0.105. The lowest BCUT2D eigenvalue weighted by Gasteiger charge is -2.40. The van der Waals surface area contributed by atoms with Crippen LogP contribution in [0.25, 0.3) is 0 Å². The summed E-state index contributed by atoms with van der Waals surface area (Å²) in [4.78, 5) is 27.2. The fourth-order valence-electron chi connectivity index (χ4n) is 3.12. The Morgan fingerprint density at radius 1 is 1.38 bits per heavy atom. The average molecular weight is 382 g/mol. The first-order chi connectivity index (χ1) is 12.1. The van der Waals surface area contributed by atoms with Gasteiger partial charge in [-0.3, -0.25) is 9.69 Å². The normalized spacial score (nSPS) is 18.5. The van der Waals surface area contributed by atoms with Crippen LogP contribution in [0, 0.1) is 6.92 Å². The topological polar surface area (TPSA) is 61.9 Å². The van der Waals surface area contributed by atoms with E-state index in [-0.39, 0.29) is 12.1 Å². The Balaban J connectivity index is 2.04. The average Bonchev–Trinajstić information content (AvgIpc) is 2.50.